The van der Waals surface area contributed by atoms with Crippen molar-refractivity contribution in [3.8, 4) is 16.9 Å². The van der Waals surface area contributed by atoms with E-state index in [1.807, 2.05) is 70.1 Å². The quantitative estimate of drug-likeness (QED) is 0.310. The number of nitrogens with zero attached hydrogens (tertiary/aromatic N) is 4. The molecule has 3 aromatic carbocycles. The predicted molar refractivity (Wildman–Crippen MR) is 146 cm³/mol. The van der Waals surface area contributed by atoms with Gasteiger partial charge in [0.15, 0.2) is 0 Å². The lowest BCUT2D eigenvalue weighted by Crippen LogP contribution is -2.41. The van der Waals surface area contributed by atoms with E-state index in [4.69, 9.17) is 28.3 Å². The summed E-state index contributed by atoms with van der Waals surface area (Å²) in [6.07, 6.45) is 1.36. The summed E-state index contributed by atoms with van der Waals surface area (Å²) in [6, 6.07) is 24.5. The molecule has 0 unspecified atom stereocenters. The minimum atomic E-state index is -0.120. The molecule has 0 spiro atoms. The zero-order chi connectivity index (χ0) is 25.5. The summed E-state index contributed by atoms with van der Waals surface area (Å²) in [4.78, 5) is 31.2. The average Bonchev–Trinajstić information content (AvgIpc) is 3.52. The van der Waals surface area contributed by atoms with Gasteiger partial charge >= 0.3 is 5.69 Å². The molecule has 1 saturated heterocycles. The average molecular weight is 532 g/mol. The second-order valence-electron chi connectivity index (χ2n) is 9.13. The highest BCUT2D eigenvalue weighted by Crippen LogP contribution is 2.30. The third-order valence-electron chi connectivity index (χ3n) is 6.89. The second-order valence-corrected chi connectivity index (χ2v) is 9.95. The number of benzene rings is 3. The summed E-state index contributed by atoms with van der Waals surface area (Å²) in [7, 11) is 0. The second kappa shape index (κ2) is 9.57. The Morgan fingerprint density at radius 3 is 2.38 bits per heavy atom. The Kier molecular flexibility index (Phi) is 6.10. The molecule has 0 bridgehead atoms. The van der Waals surface area contributed by atoms with Crippen molar-refractivity contribution in [2.45, 2.75) is 18.9 Å². The number of hydrogen-bond acceptors (Lipinski definition) is 3. The van der Waals surface area contributed by atoms with Crippen molar-refractivity contribution in [3.05, 3.63) is 105 Å². The van der Waals surface area contributed by atoms with E-state index in [-0.39, 0.29) is 17.6 Å². The van der Waals surface area contributed by atoms with Crippen molar-refractivity contribution in [2.24, 2.45) is 0 Å². The molecule has 186 valence electrons. The highest BCUT2D eigenvalue weighted by Gasteiger charge is 2.29. The molecular formula is C28H23Cl2N5O2. The fourth-order valence-electron chi connectivity index (χ4n) is 5.02. The monoisotopic (exact) mass is 531 g/mol. The van der Waals surface area contributed by atoms with Crippen LogP contribution >= 0.6 is 23.2 Å². The van der Waals surface area contributed by atoms with E-state index >= 15 is 0 Å². The standard InChI is InChI=1S/C28H23Cl2N5O2/c29-21-11-10-20(16-22(21)30)35-26(17-24(32-35)18-6-2-1-3-7-18)27(36)33-14-12-19(13-15-33)34-25-9-5-4-8-23(25)31-28(34)37/h1-11,16-17,19H,12-15H2,(H,31,37). The molecule has 6 rings (SSSR count). The zero-order valence-electron chi connectivity index (χ0n) is 19.8. The summed E-state index contributed by atoms with van der Waals surface area (Å²) >= 11 is 12.4. The van der Waals surface area contributed by atoms with Crippen molar-refractivity contribution >= 4 is 40.1 Å². The molecular weight excluding hydrogens is 509 g/mol. The summed E-state index contributed by atoms with van der Waals surface area (Å²) in [5.74, 6) is -0.120. The Hall–Kier alpha value is -3.81. The number of likely N-dealkylation sites (tertiary alicyclic amines) is 1. The van der Waals surface area contributed by atoms with Crippen LogP contribution in [-0.2, 0) is 0 Å². The maximum Gasteiger partial charge on any atom is 0.326 e. The molecule has 1 fully saturated rings. The number of carbonyl (C=O) groups excluding carboxylic acids is 1. The number of aromatic amines is 1. The number of hydrogen-bond donors (Lipinski definition) is 1. The van der Waals surface area contributed by atoms with Crippen LogP contribution in [0.2, 0.25) is 10.0 Å². The van der Waals surface area contributed by atoms with Crippen LogP contribution in [0.3, 0.4) is 0 Å². The fraction of sp³-hybridized carbons (Fsp3) is 0.179. The van der Waals surface area contributed by atoms with Crippen LogP contribution in [0.5, 0.6) is 0 Å². The molecule has 5 aromatic rings. The molecule has 3 heterocycles. The van der Waals surface area contributed by atoms with Gasteiger partial charge < -0.3 is 9.88 Å². The van der Waals surface area contributed by atoms with Gasteiger partial charge in [-0.25, -0.2) is 9.48 Å². The molecule has 1 aliphatic heterocycles. The van der Waals surface area contributed by atoms with E-state index in [0.29, 0.717) is 53.1 Å². The van der Waals surface area contributed by atoms with Gasteiger partial charge in [0, 0.05) is 24.7 Å². The molecule has 2 aromatic heterocycles. The maximum absolute atomic E-state index is 13.8. The van der Waals surface area contributed by atoms with E-state index in [0.717, 1.165) is 16.6 Å². The number of carbonyl (C=O) groups is 1. The lowest BCUT2D eigenvalue weighted by Gasteiger charge is -2.32. The molecule has 1 N–H and O–H groups in total. The van der Waals surface area contributed by atoms with E-state index in [1.165, 1.54) is 0 Å². The van der Waals surface area contributed by atoms with Crippen LogP contribution in [0.1, 0.15) is 29.4 Å². The third kappa shape index (κ3) is 4.34. The van der Waals surface area contributed by atoms with Crippen LogP contribution < -0.4 is 5.69 Å². The van der Waals surface area contributed by atoms with E-state index in [1.54, 1.807) is 22.9 Å². The number of amides is 1. The van der Waals surface area contributed by atoms with Gasteiger partial charge in [0.2, 0.25) is 0 Å². The first kappa shape index (κ1) is 23.6. The Labute approximate surface area is 222 Å². The summed E-state index contributed by atoms with van der Waals surface area (Å²) in [5.41, 5.74) is 4.30. The van der Waals surface area contributed by atoms with Gasteiger partial charge in [-0.1, -0.05) is 65.7 Å². The first-order valence-corrected chi connectivity index (χ1v) is 12.8. The topological polar surface area (TPSA) is 75.9 Å². The molecule has 0 radical (unpaired) electrons. The number of nitrogens with one attached hydrogen (secondary N) is 1. The minimum Gasteiger partial charge on any atom is -0.337 e. The predicted octanol–water partition coefficient (Wildman–Crippen LogP) is 5.97. The van der Waals surface area contributed by atoms with Crippen molar-refractivity contribution in [3.63, 3.8) is 0 Å². The van der Waals surface area contributed by atoms with Crippen LogP contribution in [0.4, 0.5) is 0 Å². The van der Waals surface area contributed by atoms with Gasteiger partial charge in [0.25, 0.3) is 5.91 Å². The van der Waals surface area contributed by atoms with Crippen molar-refractivity contribution < 1.29 is 4.79 Å². The number of rotatable bonds is 4. The van der Waals surface area contributed by atoms with E-state index < -0.39 is 0 Å². The molecule has 9 heteroatoms. The highest BCUT2D eigenvalue weighted by atomic mass is 35.5. The van der Waals surface area contributed by atoms with Crippen molar-refractivity contribution in [1.82, 2.24) is 24.2 Å². The molecule has 37 heavy (non-hydrogen) atoms. The first-order valence-electron chi connectivity index (χ1n) is 12.1. The van der Waals surface area contributed by atoms with Crippen molar-refractivity contribution in [1.29, 1.82) is 0 Å². The van der Waals surface area contributed by atoms with E-state index in [9.17, 15) is 9.59 Å². The van der Waals surface area contributed by atoms with Crippen LogP contribution in [-0.4, -0.2) is 43.2 Å². The number of fused-ring (bicyclic) bond motifs is 1. The summed E-state index contributed by atoms with van der Waals surface area (Å²) < 4.78 is 3.45. The van der Waals surface area contributed by atoms with Crippen LogP contribution in [0.25, 0.3) is 28.0 Å². The lowest BCUT2D eigenvalue weighted by atomic mass is 10.0. The number of piperidine rings is 1. The Morgan fingerprint density at radius 1 is 0.892 bits per heavy atom. The van der Waals surface area contributed by atoms with Crippen LogP contribution in [0.15, 0.2) is 83.7 Å². The SMILES string of the molecule is O=C(c1cc(-c2ccccc2)nn1-c1ccc(Cl)c(Cl)c1)N1CCC(n2c(=O)[nH]c3ccccc32)CC1. The normalized spacial score (nSPS) is 14.4. The third-order valence-corrected chi connectivity index (χ3v) is 7.63. The maximum atomic E-state index is 13.8. The number of aromatic nitrogens is 4. The Morgan fingerprint density at radius 2 is 1.62 bits per heavy atom. The summed E-state index contributed by atoms with van der Waals surface area (Å²) in [5, 5.41) is 5.58. The van der Waals surface area contributed by atoms with Crippen LogP contribution in [0, 0.1) is 0 Å². The van der Waals surface area contributed by atoms with Gasteiger partial charge in [-0.05, 0) is 49.2 Å². The fourth-order valence-corrected chi connectivity index (χ4v) is 5.32. The smallest absolute Gasteiger partial charge is 0.326 e. The van der Waals surface area contributed by atoms with Gasteiger partial charge in [0.1, 0.15) is 5.69 Å². The molecule has 0 aliphatic carbocycles. The number of H-pyrrole nitrogens is 1. The Balaban J connectivity index is 1.30. The lowest BCUT2D eigenvalue weighted by molar-refractivity contribution is 0.0685. The van der Waals surface area contributed by atoms with E-state index in [2.05, 4.69) is 4.98 Å². The zero-order valence-corrected chi connectivity index (χ0v) is 21.3. The largest absolute Gasteiger partial charge is 0.337 e. The molecule has 1 amide bonds. The minimum absolute atomic E-state index is 0.0209. The van der Waals surface area contributed by atoms with Gasteiger partial charge in [-0.2, -0.15) is 5.10 Å². The molecule has 0 saturated carbocycles. The highest BCUT2D eigenvalue weighted by molar-refractivity contribution is 6.42. The number of para-hydroxylation sites is 2. The number of imidazole rings is 1. The number of halogens is 2. The van der Waals surface area contributed by atoms with Gasteiger partial charge in [-0.3, -0.25) is 9.36 Å². The summed E-state index contributed by atoms with van der Waals surface area (Å²) in [6.45, 7) is 1.06. The van der Waals surface area contributed by atoms with Crippen molar-refractivity contribution in [2.75, 3.05) is 13.1 Å². The molecule has 1 aliphatic rings. The molecule has 0 atom stereocenters. The van der Waals surface area contributed by atoms with Gasteiger partial charge in [0.05, 0.1) is 32.5 Å². The Bertz CT molecular complexity index is 1660. The first-order chi connectivity index (χ1) is 18.0. The van der Waals surface area contributed by atoms with Gasteiger partial charge in [-0.15, -0.1) is 0 Å². The molecule has 7 nitrogen and oxygen atoms in total.